The molecule has 1 fully saturated rings. The van der Waals surface area contributed by atoms with Crippen LogP contribution < -0.4 is 20.3 Å². The molecule has 0 spiro atoms. The van der Waals surface area contributed by atoms with E-state index in [-0.39, 0.29) is 0 Å². The van der Waals surface area contributed by atoms with Gasteiger partial charge >= 0.3 is 0 Å². The molecule has 0 aliphatic carbocycles. The third-order valence-electron chi connectivity index (χ3n) is 4.31. The molecule has 1 saturated heterocycles. The number of nitrogens with one attached hydrogen (secondary N) is 3. The van der Waals surface area contributed by atoms with Gasteiger partial charge in [0, 0.05) is 12.1 Å². The van der Waals surface area contributed by atoms with E-state index in [0.29, 0.717) is 6.04 Å². The van der Waals surface area contributed by atoms with Gasteiger partial charge in [0.05, 0.1) is 26.7 Å². The van der Waals surface area contributed by atoms with E-state index in [1.807, 2.05) is 12.1 Å². The lowest BCUT2D eigenvalue weighted by atomic mass is 10.0. The molecule has 1 aliphatic heterocycles. The second-order valence-electron chi connectivity index (χ2n) is 5.79. The maximum Gasteiger partial charge on any atom is 0.166 e. The van der Waals surface area contributed by atoms with E-state index in [2.05, 4.69) is 29.7 Å². The maximum atomic E-state index is 5.31. The van der Waals surface area contributed by atoms with Crippen molar-refractivity contribution in [2.75, 3.05) is 33.3 Å². The van der Waals surface area contributed by atoms with Crippen LogP contribution in [0, 0.1) is 0 Å². The number of hydrogen-bond donors (Lipinski definition) is 3. The molecule has 0 bridgehead atoms. The third kappa shape index (κ3) is 4.85. The van der Waals surface area contributed by atoms with Gasteiger partial charge in [-0.1, -0.05) is 0 Å². The van der Waals surface area contributed by atoms with Crippen molar-refractivity contribution in [1.82, 2.24) is 10.6 Å². The molecule has 0 saturated carbocycles. The minimum atomic E-state index is 0.433. The second-order valence-corrected chi connectivity index (χ2v) is 6.19. The van der Waals surface area contributed by atoms with Crippen LogP contribution in [0.1, 0.15) is 37.8 Å². The fraction of sp³-hybridized carbons (Fsp3) is 0.588. The highest BCUT2D eigenvalue weighted by atomic mass is 32.1. The number of quaternary nitrogens is 1. The summed E-state index contributed by atoms with van der Waals surface area (Å²) in [6, 6.07) is 8.90. The van der Waals surface area contributed by atoms with Crippen molar-refractivity contribution in [3.05, 3.63) is 29.8 Å². The molecule has 2 rings (SSSR count). The molecular formula is C17H28N3OS+. The average Bonchev–Trinajstić information content (AvgIpc) is 2.57. The van der Waals surface area contributed by atoms with Crippen LogP contribution in [-0.2, 0) is 0 Å². The van der Waals surface area contributed by atoms with Crippen LogP contribution in [0.5, 0.6) is 5.75 Å². The van der Waals surface area contributed by atoms with E-state index in [1.54, 1.807) is 12.0 Å². The van der Waals surface area contributed by atoms with Gasteiger partial charge in [0.15, 0.2) is 5.11 Å². The Morgan fingerprint density at radius 2 is 1.86 bits per heavy atom. The summed E-state index contributed by atoms with van der Waals surface area (Å²) in [4.78, 5) is 1.66. The zero-order chi connectivity index (χ0) is 15.8. The van der Waals surface area contributed by atoms with Crippen LogP contribution in [0.4, 0.5) is 0 Å². The van der Waals surface area contributed by atoms with E-state index < -0.39 is 0 Å². The van der Waals surface area contributed by atoms with Gasteiger partial charge < -0.3 is 20.3 Å². The zero-order valence-electron chi connectivity index (χ0n) is 13.7. The van der Waals surface area contributed by atoms with Crippen molar-refractivity contribution in [2.45, 2.75) is 32.2 Å². The molecule has 22 heavy (non-hydrogen) atoms. The number of likely N-dealkylation sites (tertiary alicyclic amines) is 1. The molecule has 1 atom stereocenters. The predicted octanol–water partition coefficient (Wildman–Crippen LogP) is 1.29. The van der Waals surface area contributed by atoms with Gasteiger partial charge in [-0.2, -0.15) is 0 Å². The minimum absolute atomic E-state index is 0.433. The first-order valence-electron chi connectivity index (χ1n) is 8.24. The van der Waals surface area contributed by atoms with E-state index >= 15 is 0 Å². The Morgan fingerprint density at radius 3 is 2.45 bits per heavy atom. The summed E-state index contributed by atoms with van der Waals surface area (Å²) in [6.45, 7) is 6.27. The van der Waals surface area contributed by atoms with Crippen LogP contribution in [0.25, 0.3) is 0 Å². The number of thiocarbonyl (C=S) groups is 1. The first-order valence-corrected chi connectivity index (χ1v) is 8.65. The Hall–Kier alpha value is -1.33. The molecule has 0 amide bonds. The van der Waals surface area contributed by atoms with Crippen molar-refractivity contribution in [3.63, 3.8) is 0 Å². The van der Waals surface area contributed by atoms with Crippen LogP contribution in [0.2, 0.25) is 0 Å². The largest absolute Gasteiger partial charge is 0.497 e. The molecule has 0 radical (unpaired) electrons. The summed E-state index contributed by atoms with van der Waals surface area (Å²) in [7, 11) is 1.71. The fourth-order valence-corrected chi connectivity index (χ4v) is 3.33. The van der Waals surface area contributed by atoms with Gasteiger partial charge in [0.2, 0.25) is 0 Å². The van der Waals surface area contributed by atoms with Gasteiger partial charge in [0.1, 0.15) is 11.8 Å². The van der Waals surface area contributed by atoms with Gasteiger partial charge in [-0.15, -0.1) is 0 Å². The zero-order valence-corrected chi connectivity index (χ0v) is 14.5. The molecule has 5 heteroatoms. The number of benzene rings is 1. The Labute approximate surface area is 139 Å². The summed E-state index contributed by atoms with van der Waals surface area (Å²) >= 11 is 5.31. The van der Waals surface area contributed by atoms with Gasteiger partial charge in [-0.05, 0) is 62.7 Å². The van der Waals surface area contributed by atoms with Crippen molar-refractivity contribution < 1.29 is 9.64 Å². The highest BCUT2D eigenvalue weighted by Crippen LogP contribution is 2.16. The molecule has 122 valence electrons. The average molecular weight is 322 g/mol. The number of methoxy groups -OCH3 is 1. The van der Waals surface area contributed by atoms with Crippen molar-refractivity contribution in [3.8, 4) is 5.75 Å². The van der Waals surface area contributed by atoms with Gasteiger partial charge in [-0.25, -0.2) is 0 Å². The highest BCUT2D eigenvalue weighted by Gasteiger charge is 2.26. The Balaban J connectivity index is 2.07. The topological polar surface area (TPSA) is 37.7 Å². The first kappa shape index (κ1) is 17.0. The van der Waals surface area contributed by atoms with Crippen LogP contribution in [0.15, 0.2) is 24.3 Å². The van der Waals surface area contributed by atoms with Gasteiger partial charge in [0.25, 0.3) is 0 Å². The fourth-order valence-electron chi connectivity index (χ4n) is 3.11. The van der Waals surface area contributed by atoms with Gasteiger partial charge in [-0.3, -0.25) is 0 Å². The van der Waals surface area contributed by atoms with E-state index in [0.717, 1.165) is 24.0 Å². The van der Waals surface area contributed by atoms with E-state index in [1.165, 1.54) is 37.9 Å². The first-order chi connectivity index (χ1) is 10.7. The van der Waals surface area contributed by atoms with Crippen LogP contribution in [0.3, 0.4) is 0 Å². The lowest BCUT2D eigenvalue weighted by molar-refractivity contribution is -0.934. The molecule has 4 nitrogen and oxygen atoms in total. The maximum absolute atomic E-state index is 5.31. The Morgan fingerprint density at radius 1 is 1.18 bits per heavy atom. The van der Waals surface area contributed by atoms with E-state index in [9.17, 15) is 0 Å². The summed E-state index contributed by atoms with van der Waals surface area (Å²) in [5.41, 5.74) is 1.35. The normalized spacial score (nSPS) is 16.8. The molecule has 1 aromatic rings. The number of piperidine rings is 1. The lowest BCUT2D eigenvalue weighted by Crippen LogP contribution is -3.13. The van der Waals surface area contributed by atoms with Crippen LogP contribution in [-0.4, -0.2) is 38.4 Å². The molecule has 1 heterocycles. The monoisotopic (exact) mass is 322 g/mol. The van der Waals surface area contributed by atoms with E-state index in [4.69, 9.17) is 17.0 Å². The summed E-state index contributed by atoms with van der Waals surface area (Å²) in [5, 5.41) is 7.29. The van der Waals surface area contributed by atoms with Crippen molar-refractivity contribution in [1.29, 1.82) is 0 Å². The molecule has 1 aromatic carbocycles. The molecule has 0 aromatic heterocycles. The quantitative estimate of drug-likeness (QED) is 0.690. The predicted molar refractivity (Wildman–Crippen MR) is 94.6 cm³/mol. The summed E-state index contributed by atoms with van der Waals surface area (Å²) in [5.74, 6) is 0.910. The van der Waals surface area contributed by atoms with Crippen molar-refractivity contribution in [2.24, 2.45) is 0 Å². The molecule has 0 unspecified atom stereocenters. The third-order valence-corrected chi connectivity index (χ3v) is 4.60. The molecular weight excluding hydrogens is 294 g/mol. The smallest absolute Gasteiger partial charge is 0.166 e. The number of hydrogen-bond acceptors (Lipinski definition) is 2. The van der Waals surface area contributed by atoms with Crippen molar-refractivity contribution >= 4 is 17.3 Å². The Kier molecular flexibility index (Phi) is 6.93. The Bertz CT molecular complexity index is 457. The highest BCUT2D eigenvalue weighted by molar-refractivity contribution is 7.80. The summed E-state index contributed by atoms with van der Waals surface area (Å²) in [6.07, 6.45) is 4.00. The molecule has 3 N–H and O–H groups in total. The minimum Gasteiger partial charge on any atom is -0.497 e. The second kappa shape index (κ2) is 8.96. The number of ether oxygens (including phenoxy) is 1. The lowest BCUT2D eigenvalue weighted by Gasteiger charge is -2.32. The summed E-state index contributed by atoms with van der Waals surface area (Å²) < 4.78 is 5.27. The SMILES string of the molecule is CCNC(=S)NC[C@H](c1ccc(OC)cc1)[NH+]1CCCCC1. The standard InChI is InChI=1S/C17H27N3OS/c1-3-18-17(22)19-13-16(20-11-5-4-6-12-20)14-7-9-15(21-2)10-8-14/h7-10,16H,3-6,11-13H2,1-2H3,(H2,18,19,22)/p+1/t16-/m1/s1. The van der Waals surface area contributed by atoms with Crippen LogP contribution >= 0.6 is 12.2 Å². The molecule has 1 aliphatic rings. The number of rotatable bonds is 6.